The molecule has 0 spiro atoms. The summed E-state index contributed by atoms with van der Waals surface area (Å²) in [5, 5.41) is 9.03. The van der Waals surface area contributed by atoms with Crippen molar-refractivity contribution in [2.45, 2.75) is 32.2 Å². The van der Waals surface area contributed by atoms with Crippen molar-refractivity contribution in [3.63, 3.8) is 0 Å². The number of likely N-dealkylation sites (N-methyl/N-ethyl adjacent to an activating group) is 2. The predicted octanol–water partition coefficient (Wildman–Crippen LogP) is 1.84. The fourth-order valence-electron chi connectivity index (χ4n) is 3.10. The molecule has 1 aromatic rings. The molecule has 0 radical (unpaired) electrons. The number of nitrogens with zero attached hydrogens (tertiary/aromatic N) is 2. The van der Waals surface area contributed by atoms with Crippen LogP contribution in [0.1, 0.15) is 36.9 Å². The number of carbonyl (C=O) groups excluding carboxylic acids is 1. The van der Waals surface area contributed by atoms with E-state index in [1.807, 2.05) is 23.8 Å². The molecular weight excluding hydrogens is 264 g/mol. The van der Waals surface area contributed by atoms with E-state index < -0.39 is 0 Å². The largest absolute Gasteiger partial charge is 0.395 e. The van der Waals surface area contributed by atoms with Gasteiger partial charge in [0.15, 0.2) is 0 Å². The van der Waals surface area contributed by atoms with Gasteiger partial charge in [0.2, 0.25) is 5.91 Å². The third kappa shape index (κ3) is 3.83. The number of carbonyl (C=O) groups is 1. The number of rotatable bonds is 6. The van der Waals surface area contributed by atoms with Crippen LogP contribution in [0.5, 0.6) is 0 Å². The predicted molar refractivity (Wildman–Crippen MR) is 84.1 cm³/mol. The van der Waals surface area contributed by atoms with Gasteiger partial charge in [-0.15, -0.1) is 0 Å². The lowest BCUT2D eigenvalue weighted by atomic mass is 9.87. The minimum Gasteiger partial charge on any atom is -0.395 e. The van der Waals surface area contributed by atoms with Crippen molar-refractivity contribution in [3.8, 4) is 0 Å². The number of aliphatic hydroxyl groups excluding tert-OH is 1. The van der Waals surface area contributed by atoms with E-state index in [1.165, 1.54) is 11.1 Å². The van der Waals surface area contributed by atoms with Gasteiger partial charge in [0, 0.05) is 13.6 Å². The highest BCUT2D eigenvalue weighted by atomic mass is 16.3. The number of amides is 1. The van der Waals surface area contributed by atoms with E-state index in [2.05, 4.69) is 24.3 Å². The zero-order valence-corrected chi connectivity index (χ0v) is 13.1. The number of hydrogen-bond donors (Lipinski definition) is 1. The molecule has 21 heavy (non-hydrogen) atoms. The van der Waals surface area contributed by atoms with Crippen LogP contribution >= 0.6 is 0 Å². The van der Waals surface area contributed by atoms with Gasteiger partial charge in [-0.05, 0) is 36.9 Å². The summed E-state index contributed by atoms with van der Waals surface area (Å²) in [7, 11) is 1.90. The molecule has 4 nitrogen and oxygen atoms in total. The average Bonchev–Trinajstić information content (AvgIpc) is 2.53. The molecule has 0 aromatic heterocycles. The van der Waals surface area contributed by atoms with Crippen molar-refractivity contribution < 1.29 is 9.90 Å². The molecule has 1 aromatic carbocycles. The number of aliphatic hydroxyl groups is 1. The second-order valence-corrected chi connectivity index (χ2v) is 5.70. The molecule has 1 unspecified atom stereocenters. The summed E-state index contributed by atoms with van der Waals surface area (Å²) in [5.74, 6) is 0.131. The molecule has 0 saturated carbocycles. The summed E-state index contributed by atoms with van der Waals surface area (Å²) in [4.78, 5) is 16.4. The monoisotopic (exact) mass is 290 g/mol. The van der Waals surface area contributed by atoms with Gasteiger partial charge in [-0.25, -0.2) is 0 Å². The molecule has 4 heteroatoms. The first-order chi connectivity index (χ1) is 10.2. The van der Waals surface area contributed by atoms with Gasteiger partial charge in [-0.2, -0.15) is 0 Å². The van der Waals surface area contributed by atoms with E-state index >= 15 is 0 Å². The summed E-state index contributed by atoms with van der Waals surface area (Å²) in [6, 6.07) is 8.64. The molecular formula is C17H26N2O2. The Labute approximate surface area is 127 Å². The van der Waals surface area contributed by atoms with Crippen molar-refractivity contribution >= 4 is 5.91 Å². The highest BCUT2D eigenvalue weighted by Gasteiger charge is 2.26. The molecule has 0 fully saturated rings. The summed E-state index contributed by atoms with van der Waals surface area (Å²) < 4.78 is 0. The molecule has 0 bridgehead atoms. The molecule has 1 aliphatic carbocycles. The Hall–Kier alpha value is -1.39. The minimum atomic E-state index is 0.0943. The number of hydrogen-bond acceptors (Lipinski definition) is 3. The van der Waals surface area contributed by atoms with Crippen molar-refractivity contribution in [2.75, 3.05) is 33.3 Å². The van der Waals surface area contributed by atoms with Gasteiger partial charge in [0.25, 0.3) is 0 Å². The van der Waals surface area contributed by atoms with E-state index in [0.717, 1.165) is 25.8 Å². The van der Waals surface area contributed by atoms with Gasteiger partial charge in [0.1, 0.15) is 0 Å². The summed E-state index contributed by atoms with van der Waals surface area (Å²) in [6.45, 7) is 3.82. The van der Waals surface area contributed by atoms with Crippen LogP contribution in [0.2, 0.25) is 0 Å². The van der Waals surface area contributed by atoms with E-state index in [0.29, 0.717) is 13.1 Å². The Bertz CT molecular complexity index is 476. The minimum absolute atomic E-state index is 0.0943. The second kappa shape index (κ2) is 7.57. The van der Waals surface area contributed by atoms with E-state index in [9.17, 15) is 4.79 Å². The second-order valence-electron chi connectivity index (χ2n) is 5.70. The standard InChI is InChI=1S/C17H26N2O2/c1-3-19(11-12-20)13-17(21)18(2)16-10-6-8-14-7-4-5-9-15(14)16/h4-5,7,9,16,20H,3,6,8,10-13H2,1-2H3. The van der Waals surface area contributed by atoms with Crippen LogP contribution in [-0.2, 0) is 11.2 Å². The van der Waals surface area contributed by atoms with Crippen molar-refractivity contribution in [3.05, 3.63) is 35.4 Å². The molecule has 1 N–H and O–H groups in total. The van der Waals surface area contributed by atoms with Crippen LogP contribution in [0.15, 0.2) is 24.3 Å². The normalized spacial score (nSPS) is 17.6. The highest BCUT2D eigenvalue weighted by Crippen LogP contribution is 2.33. The maximum atomic E-state index is 12.5. The molecule has 0 saturated heterocycles. The molecule has 0 aliphatic heterocycles. The summed E-state index contributed by atoms with van der Waals surface area (Å²) in [5.41, 5.74) is 2.67. The number of benzene rings is 1. The van der Waals surface area contributed by atoms with E-state index in [1.54, 1.807) is 0 Å². The van der Waals surface area contributed by atoms with Crippen LogP contribution in [0, 0.1) is 0 Å². The lowest BCUT2D eigenvalue weighted by Crippen LogP contribution is -2.41. The van der Waals surface area contributed by atoms with Crippen LogP contribution in [-0.4, -0.2) is 54.1 Å². The van der Waals surface area contributed by atoms with Crippen molar-refractivity contribution in [1.82, 2.24) is 9.80 Å². The Morgan fingerprint density at radius 1 is 1.38 bits per heavy atom. The first-order valence-electron chi connectivity index (χ1n) is 7.84. The third-order valence-corrected chi connectivity index (χ3v) is 4.42. The van der Waals surface area contributed by atoms with Crippen LogP contribution < -0.4 is 0 Å². The van der Waals surface area contributed by atoms with Crippen LogP contribution in [0.3, 0.4) is 0 Å². The van der Waals surface area contributed by atoms with Gasteiger partial charge in [-0.1, -0.05) is 31.2 Å². The Kier molecular flexibility index (Phi) is 5.76. The molecule has 116 valence electrons. The third-order valence-electron chi connectivity index (χ3n) is 4.42. The highest BCUT2D eigenvalue weighted by molar-refractivity contribution is 5.78. The van der Waals surface area contributed by atoms with E-state index in [-0.39, 0.29) is 18.6 Å². The van der Waals surface area contributed by atoms with Gasteiger partial charge in [0.05, 0.1) is 19.2 Å². The van der Waals surface area contributed by atoms with Crippen LogP contribution in [0.25, 0.3) is 0 Å². The van der Waals surface area contributed by atoms with Crippen molar-refractivity contribution in [2.24, 2.45) is 0 Å². The smallest absolute Gasteiger partial charge is 0.237 e. The fourth-order valence-corrected chi connectivity index (χ4v) is 3.10. The molecule has 1 amide bonds. The SMILES string of the molecule is CCN(CCO)CC(=O)N(C)C1CCCc2ccccc21. The lowest BCUT2D eigenvalue weighted by molar-refractivity contribution is -0.133. The quantitative estimate of drug-likeness (QED) is 0.869. The molecule has 0 heterocycles. The maximum Gasteiger partial charge on any atom is 0.237 e. The zero-order valence-electron chi connectivity index (χ0n) is 13.1. The molecule has 1 aliphatic rings. The van der Waals surface area contributed by atoms with Gasteiger partial charge >= 0.3 is 0 Å². The lowest BCUT2D eigenvalue weighted by Gasteiger charge is -2.34. The first-order valence-corrected chi connectivity index (χ1v) is 7.84. The van der Waals surface area contributed by atoms with Gasteiger partial charge in [-0.3, -0.25) is 9.69 Å². The maximum absolute atomic E-state index is 12.5. The number of aryl methyl sites for hydroxylation is 1. The fraction of sp³-hybridized carbons (Fsp3) is 0.588. The Morgan fingerprint density at radius 3 is 2.86 bits per heavy atom. The number of fused-ring (bicyclic) bond motifs is 1. The van der Waals surface area contributed by atoms with Crippen molar-refractivity contribution in [1.29, 1.82) is 0 Å². The van der Waals surface area contributed by atoms with Gasteiger partial charge < -0.3 is 10.0 Å². The van der Waals surface area contributed by atoms with E-state index in [4.69, 9.17) is 5.11 Å². The summed E-state index contributed by atoms with van der Waals surface area (Å²) >= 11 is 0. The Balaban J connectivity index is 2.06. The topological polar surface area (TPSA) is 43.8 Å². The van der Waals surface area contributed by atoms with Crippen LogP contribution in [0.4, 0.5) is 0 Å². The molecule has 2 rings (SSSR count). The Morgan fingerprint density at radius 2 is 2.14 bits per heavy atom. The summed E-state index contributed by atoms with van der Waals surface area (Å²) in [6.07, 6.45) is 3.28. The first kappa shape index (κ1) is 16.0. The average molecular weight is 290 g/mol. The molecule has 1 atom stereocenters. The zero-order chi connectivity index (χ0) is 15.2.